The van der Waals surface area contributed by atoms with Gasteiger partial charge in [-0.3, -0.25) is 13.8 Å². The Morgan fingerprint density at radius 3 is 1.37 bits per heavy atom. The first-order valence-corrected chi connectivity index (χ1v) is 22.2. The fourth-order valence-corrected chi connectivity index (χ4v) is 7.12. The Morgan fingerprint density at radius 2 is 0.980 bits per heavy atom. The molecule has 4 unspecified atom stereocenters. The Hall–Kier alpha value is -0.540. The molecule has 10 heteroatoms. The molecule has 294 valence electrons. The summed E-state index contributed by atoms with van der Waals surface area (Å²) in [4.78, 5) is 22.7. The molecule has 0 saturated heterocycles. The topological polar surface area (TPSA) is 151 Å². The van der Waals surface area contributed by atoms with Crippen molar-refractivity contribution in [2.75, 3.05) is 19.8 Å². The van der Waals surface area contributed by atoms with E-state index in [1.165, 1.54) is 135 Å². The number of rotatable bonds is 39. The lowest BCUT2D eigenvalue weighted by Crippen LogP contribution is -2.47. The number of nitrogens with two attached hydrogens (primary N) is 1. The lowest BCUT2D eigenvalue weighted by Gasteiger charge is -2.25. The van der Waals surface area contributed by atoms with E-state index in [1.807, 2.05) is 0 Å². The predicted molar refractivity (Wildman–Crippen MR) is 205 cm³/mol. The highest BCUT2D eigenvalue weighted by atomic mass is 31.2. The summed E-state index contributed by atoms with van der Waals surface area (Å²) in [5.41, 5.74) is 5.36. The van der Waals surface area contributed by atoms with E-state index >= 15 is 0 Å². The van der Waals surface area contributed by atoms with Gasteiger partial charge in [0, 0.05) is 6.54 Å². The number of phosphoric ester groups is 1. The summed E-state index contributed by atoms with van der Waals surface area (Å²) in [6.07, 6.45) is 32.8. The van der Waals surface area contributed by atoms with Gasteiger partial charge in [0.2, 0.25) is 5.91 Å². The number of amides is 1. The predicted octanol–water partition coefficient (Wildman–Crippen LogP) is 10.0. The summed E-state index contributed by atoms with van der Waals surface area (Å²) in [6.45, 7) is 4.05. The van der Waals surface area contributed by atoms with Gasteiger partial charge in [-0.25, -0.2) is 4.57 Å². The minimum atomic E-state index is -4.37. The van der Waals surface area contributed by atoms with E-state index in [-0.39, 0.29) is 26.2 Å². The van der Waals surface area contributed by atoms with Crippen LogP contribution in [0.25, 0.3) is 0 Å². The van der Waals surface area contributed by atoms with Crippen molar-refractivity contribution >= 4 is 13.7 Å². The molecule has 0 bridgehead atoms. The summed E-state index contributed by atoms with van der Waals surface area (Å²) in [5, 5.41) is 24.1. The number of hydrogen-bond donors (Lipinski definition) is 5. The highest BCUT2D eigenvalue weighted by Crippen LogP contribution is 2.43. The number of hydrogen-bond acceptors (Lipinski definition) is 7. The molecule has 0 saturated carbocycles. The summed E-state index contributed by atoms with van der Waals surface area (Å²) in [7, 11) is -4.37. The Morgan fingerprint density at radius 1 is 0.612 bits per heavy atom. The van der Waals surface area contributed by atoms with Crippen LogP contribution in [0.4, 0.5) is 0 Å². The Bertz CT molecular complexity index is 761. The molecule has 0 aliphatic carbocycles. The van der Waals surface area contributed by atoms with Gasteiger partial charge in [-0.1, -0.05) is 187 Å². The van der Waals surface area contributed by atoms with Gasteiger partial charge in [0.25, 0.3) is 0 Å². The SMILES string of the molecule is CCCCCCCCCCCCCCCCC(O)C(COP(=O)(O)OCCN)NC(=O)CC(O)CCCCCCCCCCCCCCC. The molecule has 0 aromatic carbocycles. The maximum Gasteiger partial charge on any atom is 0.472 e. The lowest BCUT2D eigenvalue weighted by molar-refractivity contribution is -0.125. The van der Waals surface area contributed by atoms with Gasteiger partial charge in [-0.2, -0.15) is 0 Å². The van der Waals surface area contributed by atoms with Crippen LogP contribution in [0.5, 0.6) is 0 Å². The van der Waals surface area contributed by atoms with Gasteiger partial charge in [0.1, 0.15) is 0 Å². The number of nitrogens with one attached hydrogen (secondary N) is 1. The number of carbonyl (C=O) groups excluding carboxylic acids is 1. The van der Waals surface area contributed by atoms with Crippen molar-refractivity contribution in [3.63, 3.8) is 0 Å². The molecule has 0 fully saturated rings. The van der Waals surface area contributed by atoms with Crippen LogP contribution in [0.3, 0.4) is 0 Å². The van der Waals surface area contributed by atoms with Crippen molar-refractivity contribution < 1.29 is 33.5 Å². The highest BCUT2D eigenvalue weighted by molar-refractivity contribution is 7.47. The fourth-order valence-electron chi connectivity index (χ4n) is 6.36. The van der Waals surface area contributed by atoms with Crippen LogP contribution < -0.4 is 11.1 Å². The van der Waals surface area contributed by atoms with E-state index < -0.39 is 32.0 Å². The minimum Gasteiger partial charge on any atom is -0.393 e. The first kappa shape index (κ1) is 48.5. The number of carbonyl (C=O) groups is 1. The summed E-state index contributed by atoms with van der Waals surface area (Å²) < 4.78 is 22.1. The molecule has 0 rings (SSSR count). The maximum absolute atomic E-state index is 12.8. The molecule has 0 radical (unpaired) electrons. The van der Waals surface area contributed by atoms with Gasteiger partial charge >= 0.3 is 7.82 Å². The summed E-state index contributed by atoms with van der Waals surface area (Å²) >= 11 is 0. The zero-order valence-corrected chi connectivity index (χ0v) is 33.0. The highest BCUT2D eigenvalue weighted by Gasteiger charge is 2.28. The van der Waals surface area contributed by atoms with Crippen molar-refractivity contribution in [3.8, 4) is 0 Å². The molecule has 9 nitrogen and oxygen atoms in total. The van der Waals surface area contributed by atoms with Crippen molar-refractivity contribution in [2.45, 2.75) is 225 Å². The summed E-state index contributed by atoms with van der Waals surface area (Å²) in [5.74, 6) is -0.411. The third-order valence-electron chi connectivity index (χ3n) is 9.52. The van der Waals surface area contributed by atoms with Crippen LogP contribution in [0, 0.1) is 0 Å². The first-order valence-electron chi connectivity index (χ1n) is 20.7. The molecule has 4 atom stereocenters. The second kappa shape index (κ2) is 35.8. The van der Waals surface area contributed by atoms with Crippen LogP contribution >= 0.6 is 7.82 Å². The van der Waals surface area contributed by atoms with E-state index in [2.05, 4.69) is 19.2 Å². The van der Waals surface area contributed by atoms with Gasteiger partial charge in [0.15, 0.2) is 0 Å². The van der Waals surface area contributed by atoms with Crippen molar-refractivity contribution in [2.24, 2.45) is 5.73 Å². The minimum absolute atomic E-state index is 0.0625. The first-order chi connectivity index (χ1) is 23.8. The molecule has 1 amide bonds. The largest absolute Gasteiger partial charge is 0.472 e. The normalized spacial score (nSPS) is 14.8. The maximum atomic E-state index is 12.8. The van der Waals surface area contributed by atoms with E-state index in [4.69, 9.17) is 14.8 Å². The standard InChI is InChI=1S/C39H81N2O7P/c1-3-5-7-9-11-13-15-17-19-21-23-25-27-29-31-38(43)37(35-48-49(45,46)47-33-32-40)41-39(44)34-36(42)30-28-26-24-22-20-18-16-14-12-10-8-6-4-2/h36-38,42-43H,3-35,40H2,1-2H3,(H,41,44)(H,45,46). The number of phosphoric acid groups is 1. The molecule has 0 aliphatic heterocycles. The van der Waals surface area contributed by atoms with Crippen LogP contribution in [-0.2, 0) is 18.4 Å². The van der Waals surface area contributed by atoms with Crippen molar-refractivity contribution in [1.82, 2.24) is 5.32 Å². The fraction of sp³-hybridized carbons (Fsp3) is 0.974. The summed E-state index contributed by atoms with van der Waals surface area (Å²) in [6, 6.07) is -0.889. The smallest absolute Gasteiger partial charge is 0.393 e. The Labute approximate surface area is 302 Å². The monoisotopic (exact) mass is 721 g/mol. The molecule has 0 spiro atoms. The zero-order chi connectivity index (χ0) is 36.3. The molecule has 0 heterocycles. The molecule has 0 aromatic rings. The molecule has 49 heavy (non-hydrogen) atoms. The average Bonchev–Trinajstić information content (AvgIpc) is 3.07. The molecule has 6 N–H and O–H groups in total. The number of unbranched alkanes of at least 4 members (excludes halogenated alkanes) is 25. The van der Waals surface area contributed by atoms with Gasteiger partial charge < -0.3 is 26.2 Å². The second-order valence-corrected chi connectivity index (χ2v) is 15.9. The van der Waals surface area contributed by atoms with Crippen LogP contribution in [0.15, 0.2) is 0 Å². The zero-order valence-electron chi connectivity index (χ0n) is 32.1. The Kier molecular flexibility index (Phi) is 35.4. The van der Waals surface area contributed by atoms with Gasteiger partial charge in [-0.15, -0.1) is 0 Å². The average molecular weight is 721 g/mol. The molecular weight excluding hydrogens is 639 g/mol. The van der Waals surface area contributed by atoms with Gasteiger partial charge in [-0.05, 0) is 12.8 Å². The van der Waals surface area contributed by atoms with Crippen LogP contribution in [0.2, 0.25) is 0 Å². The Balaban J connectivity index is 4.29. The quantitative estimate of drug-likeness (QED) is 0.0311. The van der Waals surface area contributed by atoms with Gasteiger partial charge in [0.05, 0.1) is 37.9 Å². The lowest BCUT2D eigenvalue weighted by atomic mass is 10.0. The van der Waals surface area contributed by atoms with Crippen molar-refractivity contribution in [3.05, 3.63) is 0 Å². The molecular formula is C39H81N2O7P. The van der Waals surface area contributed by atoms with Crippen LogP contribution in [0.1, 0.15) is 206 Å². The van der Waals surface area contributed by atoms with Crippen LogP contribution in [-0.4, -0.2) is 59.0 Å². The third-order valence-corrected chi connectivity index (χ3v) is 10.5. The molecule has 0 aliphatic rings. The number of aliphatic hydroxyl groups excluding tert-OH is 2. The van der Waals surface area contributed by atoms with E-state index in [0.717, 1.165) is 38.5 Å². The van der Waals surface area contributed by atoms with E-state index in [1.54, 1.807) is 0 Å². The van der Waals surface area contributed by atoms with E-state index in [0.29, 0.717) is 12.8 Å². The van der Waals surface area contributed by atoms with Crippen molar-refractivity contribution in [1.29, 1.82) is 0 Å². The molecule has 0 aromatic heterocycles. The second-order valence-electron chi connectivity index (χ2n) is 14.4. The third kappa shape index (κ3) is 34.3. The van der Waals surface area contributed by atoms with E-state index in [9.17, 15) is 24.5 Å². The number of aliphatic hydroxyl groups is 2.